The number of alkyl halides is 2. The van der Waals surface area contributed by atoms with E-state index in [9.17, 15) is 8.78 Å². The fraction of sp³-hybridized carbons (Fsp3) is 0.636. The monoisotopic (exact) mass is 404 g/mol. The van der Waals surface area contributed by atoms with E-state index in [1.807, 2.05) is 20.0 Å². The Morgan fingerprint density at radius 3 is 2.74 bits per heavy atom. The summed E-state index contributed by atoms with van der Waals surface area (Å²) in [5.74, 6) is 0.422. The van der Waals surface area contributed by atoms with Crippen molar-refractivity contribution in [3.63, 3.8) is 0 Å². The molecule has 0 radical (unpaired) electrons. The highest BCUT2D eigenvalue weighted by Gasteiger charge is 2.03. The van der Waals surface area contributed by atoms with Crippen molar-refractivity contribution in [2.24, 2.45) is 4.99 Å². The number of aryl methyl sites for hydroxylation is 1. The summed E-state index contributed by atoms with van der Waals surface area (Å²) in [6.07, 6.45) is 0.176. The first kappa shape index (κ1) is 18.5. The zero-order chi connectivity index (χ0) is 13.4. The van der Waals surface area contributed by atoms with E-state index in [4.69, 9.17) is 0 Å². The molecule has 1 rings (SSSR count). The highest BCUT2D eigenvalue weighted by atomic mass is 127. The van der Waals surface area contributed by atoms with Crippen LogP contribution in [0.4, 0.5) is 8.78 Å². The molecule has 0 atom stereocenters. The van der Waals surface area contributed by atoms with Gasteiger partial charge >= 0.3 is 0 Å². The van der Waals surface area contributed by atoms with Crippen LogP contribution in [-0.2, 0) is 6.42 Å². The summed E-state index contributed by atoms with van der Waals surface area (Å²) in [4.78, 5) is 9.18. The fourth-order valence-corrected chi connectivity index (χ4v) is 2.09. The highest BCUT2D eigenvalue weighted by Crippen LogP contribution is 2.10. The van der Waals surface area contributed by atoms with E-state index < -0.39 is 13.0 Å². The summed E-state index contributed by atoms with van der Waals surface area (Å²) in [6, 6.07) is 0. The molecule has 0 fully saturated rings. The Bertz CT molecular complexity index is 385. The molecule has 2 N–H and O–H groups in total. The predicted octanol–water partition coefficient (Wildman–Crippen LogP) is 2.43. The second-order valence-electron chi connectivity index (χ2n) is 3.65. The summed E-state index contributed by atoms with van der Waals surface area (Å²) < 4.78 is 24.1. The molecule has 1 aromatic rings. The molecule has 0 saturated heterocycles. The van der Waals surface area contributed by atoms with Crippen molar-refractivity contribution >= 4 is 41.3 Å². The molecule has 0 spiro atoms. The Morgan fingerprint density at radius 2 is 2.21 bits per heavy atom. The molecular formula is C11H19F2IN4S. The maximum atomic E-state index is 12.1. The van der Waals surface area contributed by atoms with Crippen LogP contribution in [0.15, 0.2) is 11.2 Å². The molecule has 0 bridgehead atoms. The summed E-state index contributed by atoms with van der Waals surface area (Å²) >= 11 is 1.64. The maximum absolute atomic E-state index is 12.1. The number of hydrogen-bond acceptors (Lipinski definition) is 3. The number of nitrogens with zero attached hydrogens (tertiary/aromatic N) is 2. The summed E-state index contributed by atoms with van der Waals surface area (Å²) in [5.41, 5.74) is 0. The van der Waals surface area contributed by atoms with Gasteiger partial charge in [-0.1, -0.05) is 0 Å². The third kappa shape index (κ3) is 8.30. The van der Waals surface area contributed by atoms with Gasteiger partial charge in [0.15, 0.2) is 5.96 Å². The molecule has 19 heavy (non-hydrogen) atoms. The lowest BCUT2D eigenvalue weighted by Gasteiger charge is -2.10. The molecule has 1 heterocycles. The fourth-order valence-electron chi connectivity index (χ4n) is 1.31. The molecular weight excluding hydrogens is 385 g/mol. The topological polar surface area (TPSA) is 49.3 Å². The first-order valence-corrected chi connectivity index (χ1v) is 6.65. The van der Waals surface area contributed by atoms with Crippen molar-refractivity contribution in [1.82, 2.24) is 15.6 Å². The zero-order valence-electron chi connectivity index (χ0n) is 10.9. The lowest BCUT2D eigenvalue weighted by atomic mass is 10.4. The van der Waals surface area contributed by atoms with Crippen molar-refractivity contribution in [3.05, 3.63) is 16.1 Å². The van der Waals surface area contributed by atoms with Crippen LogP contribution in [0.1, 0.15) is 16.8 Å². The van der Waals surface area contributed by atoms with E-state index in [1.165, 1.54) is 4.88 Å². The summed E-state index contributed by atoms with van der Waals surface area (Å²) in [5, 5.41) is 6.96. The number of nitrogens with one attached hydrogen (secondary N) is 2. The average Bonchev–Trinajstić information content (AvgIpc) is 2.72. The van der Waals surface area contributed by atoms with Gasteiger partial charge in [-0.15, -0.1) is 35.3 Å². The zero-order valence-corrected chi connectivity index (χ0v) is 14.1. The largest absolute Gasteiger partial charge is 0.357 e. The van der Waals surface area contributed by atoms with Gasteiger partial charge in [-0.3, -0.25) is 0 Å². The molecule has 0 aliphatic heterocycles. The molecule has 1 aromatic heterocycles. The Kier molecular flexibility index (Phi) is 10.0. The third-order valence-corrected chi connectivity index (χ3v) is 3.00. The minimum atomic E-state index is -2.41. The predicted molar refractivity (Wildman–Crippen MR) is 86.0 cm³/mol. The van der Waals surface area contributed by atoms with Gasteiger partial charge in [-0.25, -0.2) is 18.8 Å². The molecule has 8 heteroatoms. The first-order chi connectivity index (χ1) is 8.61. The number of halogens is 3. The van der Waals surface area contributed by atoms with Crippen LogP contribution in [0.3, 0.4) is 0 Å². The second-order valence-corrected chi connectivity index (χ2v) is 4.97. The molecule has 0 amide bonds. The highest BCUT2D eigenvalue weighted by molar-refractivity contribution is 14.0. The molecule has 0 aromatic carbocycles. The van der Waals surface area contributed by atoms with Crippen LogP contribution in [0, 0.1) is 6.92 Å². The van der Waals surface area contributed by atoms with Crippen molar-refractivity contribution in [3.8, 4) is 0 Å². The quantitative estimate of drug-likeness (QED) is 0.435. The van der Waals surface area contributed by atoms with E-state index in [-0.39, 0.29) is 24.0 Å². The lowest BCUT2D eigenvalue weighted by molar-refractivity contribution is 0.158. The van der Waals surface area contributed by atoms with E-state index >= 15 is 0 Å². The molecule has 4 nitrogen and oxygen atoms in total. The van der Waals surface area contributed by atoms with Crippen molar-refractivity contribution < 1.29 is 8.78 Å². The smallest absolute Gasteiger partial charge is 0.257 e. The van der Waals surface area contributed by atoms with Crippen LogP contribution < -0.4 is 10.6 Å². The van der Waals surface area contributed by atoms with E-state index in [2.05, 4.69) is 20.6 Å². The number of guanidine groups is 1. The Labute approximate surface area is 133 Å². The van der Waals surface area contributed by atoms with Gasteiger partial charge in [-0.2, -0.15) is 0 Å². The van der Waals surface area contributed by atoms with Gasteiger partial charge < -0.3 is 10.6 Å². The number of aliphatic imine (C=N–C) groups is 1. The van der Waals surface area contributed by atoms with Crippen LogP contribution in [-0.4, -0.2) is 37.0 Å². The molecule has 0 aliphatic carbocycles. The number of hydrogen-bond donors (Lipinski definition) is 2. The number of rotatable bonds is 6. The van der Waals surface area contributed by atoms with Crippen molar-refractivity contribution in [1.29, 1.82) is 0 Å². The lowest BCUT2D eigenvalue weighted by Crippen LogP contribution is -2.38. The Hall–Kier alpha value is -0.510. The summed E-state index contributed by atoms with van der Waals surface area (Å²) in [6.45, 7) is 4.69. The van der Waals surface area contributed by atoms with Crippen molar-refractivity contribution in [2.45, 2.75) is 26.7 Å². The minimum Gasteiger partial charge on any atom is -0.357 e. The van der Waals surface area contributed by atoms with Gasteiger partial charge in [-0.05, 0) is 13.8 Å². The number of thiazole rings is 1. The van der Waals surface area contributed by atoms with Gasteiger partial charge in [0.05, 0.1) is 5.01 Å². The molecule has 0 saturated carbocycles. The van der Waals surface area contributed by atoms with Crippen molar-refractivity contribution in [2.75, 3.05) is 19.6 Å². The van der Waals surface area contributed by atoms with Crippen LogP contribution in [0.2, 0.25) is 0 Å². The van der Waals surface area contributed by atoms with E-state index in [1.54, 1.807) is 11.3 Å². The maximum Gasteiger partial charge on any atom is 0.257 e. The van der Waals surface area contributed by atoms with Crippen LogP contribution in [0.5, 0.6) is 0 Å². The minimum absolute atomic E-state index is 0. The van der Waals surface area contributed by atoms with Crippen LogP contribution in [0.25, 0.3) is 0 Å². The van der Waals surface area contributed by atoms with Crippen LogP contribution >= 0.6 is 35.3 Å². The molecule has 0 unspecified atom stereocenters. The standard InChI is InChI=1S/C11H18F2N4S.HI/c1-3-14-11(17-7-9(12)13)15-5-4-10-16-6-8(2)18-10;/h6,9H,3-5,7H2,1-2H3,(H2,14,15,17);1H. The van der Waals surface area contributed by atoms with Gasteiger partial charge in [0.25, 0.3) is 6.43 Å². The first-order valence-electron chi connectivity index (χ1n) is 5.83. The number of aromatic nitrogens is 1. The van der Waals surface area contributed by atoms with E-state index in [0.717, 1.165) is 11.4 Å². The van der Waals surface area contributed by atoms with E-state index in [0.29, 0.717) is 19.0 Å². The second kappa shape index (κ2) is 10.3. The van der Waals surface area contributed by atoms with Gasteiger partial charge in [0.2, 0.25) is 0 Å². The Balaban J connectivity index is 0.00000324. The normalized spacial score (nSPS) is 11.3. The SMILES string of the molecule is CCNC(=NCC(F)F)NCCc1ncc(C)s1.I. The summed E-state index contributed by atoms with van der Waals surface area (Å²) in [7, 11) is 0. The average molecular weight is 404 g/mol. The Morgan fingerprint density at radius 1 is 1.47 bits per heavy atom. The van der Waals surface area contributed by atoms with Gasteiger partial charge in [0.1, 0.15) is 6.54 Å². The molecule has 0 aliphatic rings. The molecule has 110 valence electrons. The van der Waals surface area contributed by atoms with Gasteiger partial charge in [0, 0.05) is 30.6 Å². The third-order valence-electron chi connectivity index (χ3n) is 2.03.